The van der Waals surface area contributed by atoms with Gasteiger partial charge in [-0.2, -0.15) is 5.10 Å². The topological polar surface area (TPSA) is 148 Å². The van der Waals surface area contributed by atoms with Crippen LogP contribution in [0.3, 0.4) is 0 Å². The minimum Gasteiger partial charge on any atom is -0.493 e. The predicted octanol–water partition coefficient (Wildman–Crippen LogP) is 4.13. The molecule has 5 N–H and O–H groups in total. The Labute approximate surface area is 226 Å². The molecular formula is C26H24ClF2N7O3. The van der Waals surface area contributed by atoms with Crippen LogP contribution in [0, 0.1) is 11.6 Å². The van der Waals surface area contributed by atoms with Gasteiger partial charge in [0, 0.05) is 17.2 Å². The summed E-state index contributed by atoms with van der Waals surface area (Å²) in [5.41, 5.74) is 7.66. The van der Waals surface area contributed by atoms with E-state index in [-0.39, 0.29) is 34.8 Å². The molecule has 1 saturated carbocycles. The number of amides is 2. The van der Waals surface area contributed by atoms with Crippen LogP contribution in [0.1, 0.15) is 41.6 Å². The van der Waals surface area contributed by atoms with Crippen molar-refractivity contribution in [2.45, 2.75) is 37.1 Å². The Morgan fingerprint density at radius 1 is 1.21 bits per heavy atom. The summed E-state index contributed by atoms with van der Waals surface area (Å²) in [6.45, 7) is 1.47. The lowest BCUT2D eigenvalue weighted by molar-refractivity contribution is -0.115. The third-order valence-corrected chi connectivity index (χ3v) is 6.92. The maximum atomic E-state index is 15.1. The lowest BCUT2D eigenvalue weighted by Crippen LogP contribution is -2.44. The molecule has 202 valence electrons. The van der Waals surface area contributed by atoms with Crippen LogP contribution in [0.15, 0.2) is 36.7 Å². The number of nitrogen functional groups attached to an aromatic ring is 1. The molecule has 1 aliphatic carbocycles. The molecule has 2 aromatic heterocycles. The molecule has 1 atom stereocenters. The molecule has 10 nitrogen and oxygen atoms in total. The summed E-state index contributed by atoms with van der Waals surface area (Å²) < 4.78 is 35.1. The Hall–Kier alpha value is -4.32. The van der Waals surface area contributed by atoms with Crippen molar-refractivity contribution in [3.05, 3.63) is 59.4 Å². The lowest BCUT2D eigenvalue weighted by atomic mass is 9.75. The molecule has 2 heterocycles. The highest BCUT2D eigenvalue weighted by Gasteiger charge is 2.35. The Morgan fingerprint density at radius 2 is 1.97 bits per heavy atom. The number of fused-ring (bicyclic) bond motifs is 1. The highest BCUT2D eigenvalue weighted by Crippen LogP contribution is 2.44. The van der Waals surface area contributed by atoms with Gasteiger partial charge in [-0.1, -0.05) is 6.07 Å². The van der Waals surface area contributed by atoms with Gasteiger partial charge in [-0.05, 0) is 49.9 Å². The van der Waals surface area contributed by atoms with Crippen LogP contribution in [-0.2, 0) is 4.79 Å². The second-order valence-electron chi connectivity index (χ2n) is 9.24. The molecule has 13 heteroatoms. The smallest absolute Gasteiger partial charge is 0.256 e. The van der Waals surface area contributed by atoms with Crippen LogP contribution >= 0.6 is 11.6 Å². The van der Waals surface area contributed by atoms with Gasteiger partial charge in [0.2, 0.25) is 5.91 Å². The predicted molar refractivity (Wildman–Crippen MR) is 142 cm³/mol. The van der Waals surface area contributed by atoms with Gasteiger partial charge in [0.1, 0.15) is 23.3 Å². The van der Waals surface area contributed by atoms with Crippen molar-refractivity contribution in [3.8, 4) is 17.0 Å². The Bertz CT molecular complexity index is 1590. The summed E-state index contributed by atoms with van der Waals surface area (Å²) in [4.78, 5) is 33.1. The van der Waals surface area contributed by atoms with Gasteiger partial charge in [-0.3, -0.25) is 14.7 Å². The van der Waals surface area contributed by atoms with Gasteiger partial charge in [0.15, 0.2) is 17.2 Å². The molecule has 5 rings (SSSR count). The fourth-order valence-electron chi connectivity index (χ4n) is 4.70. The van der Waals surface area contributed by atoms with Gasteiger partial charge >= 0.3 is 0 Å². The summed E-state index contributed by atoms with van der Waals surface area (Å²) in [5, 5.41) is 11.9. The summed E-state index contributed by atoms with van der Waals surface area (Å²) in [7, 11) is 1.38. The average molecular weight is 556 g/mol. The van der Waals surface area contributed by atoms with Gasteiger partial charge in [-0.15, -0.1) is 11.6 Å². The first-order valence-electron chi connectivity index (χ1n) is 12.0. The first kappa shape index (κ1) is 26.3. The molecule has 1 fully saturated rings. The Kier molecular flexibility index (Phi) is 7.04. The number of nitrogens with zero attached hydrogens (tertiary/aromatic N) is 3. The lowest BCUT2D eigenvalue weighted by Gasteiger charge is -2.37. The zero-order valence-corrected chi connectivity index (χ0v) is 21.6. The van der Waals surface area contributed by atoms with Crippen molar-refractivity contribution >= 4 is 46.0 Å². The highest BCUT2D eigenvalue weighted by atomic mass is 35.5. The van der Waals surface area contributed by atoms with Crippen molar-refractivity contribution in [1.29, 1.82) is 0 Å². The van der Waals surface area contributed by atoms with Crippen molar-refractivity contribution in [1.82, 2.24) is 25.5 Å². The largest absolute Gasteiger partial charge is 0.493 e. The third kappa shape index (κ3) is 4.94. The van der Waals surface area contributed by atoms with E-state index in [9.17, 15) is 14.0 Å². The second-order valence-corrected chi connectivity index (χ2v) is 9.90. The summed E-state index contributed by atoms with van der Waals surface area (Å²) in [6, 6.07) is 6.72. The molecule has 2 aromatic carbocycles. The molecule has 39 heavy (non-hydrogen) atoms. The second kappa shape index (κ2) is 10.4. The van der Waals surface area contributed by atoms with Crippen molar-refractivity contribution in [2.24, 2.45) is 0 Å². The number of benzene rings is 2. The molecule has 0 bridgehead atoms. The molecular weight excluding hydrogens is 532 g/mol. The molecule has 0 unspecified atom stereocenters. The number of ether oxygens (including phenoxy) is 1. The van der Waals surface area contributed by atoms with E-state index >= 15 is 4.39 Å². The zero-order valence-electron chi connectivity index (χ0n) is 20.9. The fourth-order valence-corrected chi connectivity index (χ4v) is 4.76. The van der Waals surface area contributed by atoms with Crippen LogP contribution < -0.4 is 21.1 Å². The number of aromatic nitrogens is 4. The number of rotatable bonds is 7. The molecule has 0 spiro atoms. The van der Waals surface area contributed by atoms with E-state index in [1.807, 2.05) is 0 Å². The van der Waals surface area contributed by atoms with E-state index in [2.05, 4.69) is 30.8 Å². The third-order valence-electron chi connectivity index (χ3n) is 6.72. The summed E-state index contributed by atoms with van der Waals surface area (Å²) in [6.07, 6.45) is 2.20. The molecule has 0 saturated heterocycles. The van der Waals surface area contributed by atoms with E-state index in [1.54, 1.807) is 6.07 Å². The number of alkyl halides is 1. The van der Waals surface area contributed by atoms with E-state index in [0.29, 0.717) is 40.7 Å². The molecule has 4 aromatic rings. The maximum Gasteiger partial charge on any atom is 0.256 e. The number of hydrogen-bond acceptors (Lipinski definition) is 7. The van der Waals surface area contributed by atoms with Crippen molar-refractivity contribution in [3.63, 3.8) is 0 Å². The van der Waals surface area contributed by atoms with E-state index < -0.39 is 28.8 Å². The number of nitrogens with two attached hydrogens (primary N) is 1. The number of methoxy groups -OCH3 is 1. The molecule has 0 aliphatic heterocycles. The zero-order chi connectivity index (χ0) is 27.8. The summed E-state index contributed by atoms with van der Waals surface area (Å²) in [5.74, 6) is -2.45. The average Bonchev–Trinajstić information content (AvgIpc) is 3.31. The molecule has 0 radical (unpaired) electrons. The van der Waals surface area contributed by atoms with Crippen molar-refractivity contribution in [2.75, 3.05) is 18.2 Å². The van der Waals surface area contributed by atoms with Gasteiger partial charge in [0.05, 0.1) is 29.4 Å². The van der Waals surface area contributed by atoms with Crippen LogP contribution in [0.4, 0.5) is 20.3 Å². The number of carbonyl (C=O) groups is 2. The minimum atomic E-state index is -0.869. The van der Waals surface area contributed by atoms with Crippen molar-refractivity contribution < 1.29 is 23.1 Å². The van der Waals surface area contributed by atoms with E-state index in [1.165, 1.54) is 38.6 Å². The van der Waals surface area contributed by atoms with Gasteiger partial charge < -0.3 is 21.1 Å². The fraction of sp³-hybridized carbons (Fsp3) is 0.269. The van der Waals surface area contributed by atoms with Gasteiger partial charge in [-0.25, -0.2) is 18.7 Å². The number of aromatic amines is 1. The monoisotopic (exact) mass is 555 g/mol. The number of H-pyrrole nitrogens is 1. The standard InChI is InChI=1S/C26H24ClF2N7O3/c1-11(27)25(37)34-18-5-3-4-16(28)19(18)26(38)33-14-6-12(7-14)15-8-13(9-17(29)22(15)39-2)21-20-23(30)31-10-32-24(20)36-35-21/h3-5,8-12,14H,6-7H2,1-2H3,(H,33,38)(H,34,37)(H3,30,31,32,35,36)/t11-,12?,14?/m1/s1. The maximum absolute atomic E-state index is 15.1. The van der Waals surface area contributed by atoms with E-state index in [4.69, 9.17) is 22.1 Å². The van der Waals surface area contributed by atoms with Crippen LogP contribution in [0.25, 0.3) is 22.3 Å². The SMILES string of the molecule is COc1c(F)cc(-c2[nH]nc3ncnc(N)c23)cc1C1CC(NC(=O)c2c(F)cccc2NC(=O)[C@@H](C)Cl)C1. The van der Waals surface area contributed by atoms with Crippen LogP contribution in [-0.4, -0.2) is 50.5 Å². The highest BCUT2D eigenvalue weighted by molar-refractivity contribution is 6.32. The van der Waals surface area contributed by atoms with E-state index in [0.717, 1.165) is 6.07 Å². The van der Waals surface area contributed by atoms with Crippen LogP contribution in [0.5, 0.6) is 5.75 Å². The minimum absolute atomic E-state index is 0.0207. The van der Waals surface area contributed by atoms with Gasteiger partial charge in [0.25, 0.3) is 5.91 Å². The molecule has 1 aliphatic rings. The van der Waals surface area contributed by atoms with Crippen LogP contribution in [0.2, 0.25) is 0 Å². The number of nitrogens with one attached hydrogen (secondary N) is 3. The first-order valence-corrected chi connectivity index (χ1v) is 12.5. The number of carbonyl (C=O) groups excluding carboxylic acids is 2. The summed E-state index contributed by atoms with van der Waals surface area (Å²) >= 11 is 5.79. The first-order chi connectivity index (χ1) is 18.7. The quantitative estimate of drug-likeness (QED) is 0.251. The molecule has 2 amide bonds. The Morgan fingerprint density at radius 3 is 2.69 bits per heavy atom. The normalized spacial score (nSPS) is 17.4. The number of anilines is 2. The number of hydrogen-bond donors (Lipinski definition) is 4. The number of halogens is 3. The Balaban J connectivity index is 1.36.